The summed E-state index contributed by atoms with van der Waals surface area (Å²) in [5.74, 6) is 0.208. The Bertz CT molecular complexity index is 757. The van der Waals surface area contributed by atoms with Crippen molar-refractivity contribution in [1.29, 1.82) is 0 Å². The molecule has 2 aliphatic heterocycles. The molecule has 128 valence electrons. The summed E-state index contributed by atoms with van der Waals surface area (Å²) < 4.78 is 20.1. The van der Waals surface area contributed by atoms with Crippen LogP contribution in [-0.2, 0) is 4.74 Å². The number of thiophene rings is 1. The van der Waals surface area contributed by atoms with E-state index in [0.29, 0.717) is 22.2 Å². The summed E-state index contributed by atoms with van der Waals surface area (Å²) in [6.45, 7) is 7.13. The maximum Gasteiger partial charge on any atom is 0.264 e. The van der Waals surface area contributed by atoms with Crippen molar-refractivity contribution in [3.8, 4) is 0 Å². The van der Waals surface area contributed by atoms with Gasteiger partial charge in [-0.15, -0.1) is 11.3 Å². The average molecular weight is 348 g/mol. The Labute approximate surface area is 144 Å². The predicted molar refractivity (Wildman–Crippen MR) is 93.0 cm³/mol. The van der Waals surface area contributed by atoms with Crippen LogP contribution in [0.1, 0.15) is 16.6 Å². The molecule has 4 rings (SSSR count). The average Bonchev–Trinajstić information content (AvgIpc) is 3.20. The summed E-state index contributed by atoms with van der Waals surface area (Å²) in [6.07, 6.45) is 0. The second-order valence-electron chi connectivity index (χ2n) is 6.67. The molecule has 0 bridgehead atoms. The number of amides is 1. The minimum atomic E-state index is -0.260. The van der Waals surface area contributed by atoms with Gasteiger partial charge in [0.05, 0.1) is 18.1 Å². The van der Waals surface area contributed by atoms with E-state index in [-0.39, 0.29) is 11.7 Å². The van der Waals surface area contributed by atoms with Crippen LogP contribution in [0.15, 0.2) is 24.3 Å². The summed E-state index contributed by atoms with van der Waals surface area (Å²) in [4.78, 5) is 17.9. The van der Waals surface area contributed by atoms with E-state index in [4.69, 9.17) is 4.74 Å². The number of hydrogen-bond donors (Lipinski definition) is 0. The van der Waals surface area contributed by atoms with Gasteiger partial charge in [-0.1, -0.05) is 13.0 Å². The maximum atomic E-state index is 13.9. The zero-order chi connectivity index (χ0) is 16.7. The third kappa shape index (κ3) is 2.83. The fourth-order valence-electron chi connectivity index (χ4n) is 3.79. The Morgan fingerprint density at radius 3 is 2.83 bits per heavy atom. The predicted octanol–water partition coefficient (Wildman–Crippen LogP) is 2.83. The molecule has 2 saturated heterocycles. The molecule has 0 N–H and O–H groups in total. The zero-order valence-electron chi connectivity index (χ0n) is 13.7. The number of halogens is 1. The molecule has 0 spiro atoms. The van der Waals surface area contributed by atoms with Crippen LogP contribution in [0.4, 0.5) is 4.39 Å². The van der Waals surface area contributed by atoms with Gasteiger partial charge < -0.3 is 9.64 Å². The molecular formula is C18H21FN2O2S. The molecule has 0 radical (unpaired) electrons. The largest absolute Gasteiger partial charge is 0.379 e. The molecule has 2 aromatic rings. The second-order valence-corrected chi connectivity index (χ2v) is 7.75. The van der Waals surface area contributed by atoms with Crippen LogP contribution in [-0.4, -0.2) is 61.1 Å². The minimum Gasteiger partial charge on any atom is -0.379 e. The van der Waals surface area contributed by atoms with E-state index in [2.05, 4.69) is 11.8 Å². The Morgan fingerprint density at radius 1 is 1.29 bits per heavy atom. The second kappa shape index (κ2) is 6.43. The number of likely N-dealkylation sites (tertiary alicyclic amines) is 1. The minimum absolute atomic E-state index is 0.0261. The van der Waals surface area contributed by atoms with Crippen molar-refractivity contribution in [2.75, 3.05) is 39.4 Å². The van der Waals surface area contributed by atoms with Gasteiger partial charge in [0.2, 0.25) is 0 Å². The molecule has 2 fully saturated rings. The number of carbonyl (C=O) groups excluding carboxylic acids is 1. The normalized spacial score (nSPS) is 25.5. The zero-order valence-corrected chi connectivity index (χ0v) is 14.5. The summed E-state index contributed by atoms with van der Waals surface area (Å²) in [5, 5.41) is 0.544. The van der Waals surface area contributed by atoms with Gasteiger partial charge in [-0.2, -0.15) is 0 Å². The lowest BCUT2D eigenvalue weighted by Crippen LogP contribution is -2.47. The highest BCUT2D eigenvalue weighted by atomic mass is 32.1. The van der Waals surface area contributed by atoms with Crippen LogP contribution >= 0.6 is 11.3 Å². The van der Waals surface area contributed by atoms with Crippen molar-refractivity contribution in [3.63, 3.8) is 0 Å². The highest BCUT2D eigenvalue weighted by Crippen LogP contribution is 2.30. The molecule has 0 unspecified atom stereocenters. The van der Waals surface area contributed by atoms with E-state index in [1.165, 1.54) is 17.4 Å². The van der Waals surface area contributed by atoms with Crippen LogP contribution in [0.5, 0.6) is 0 Å². The van der Waals surface area contributed by atoms with Crippen LogP contribution in [0.2, 0.25) is 0 Å². The number of nitrogens with zero attached hydrogens (tertiary/aromatic N) is 2. The highest BCUT2D eigenvalue weighted by Gasteiger charge is 2.37. The molecule has 1 aromatic carbocycles. The van der Waals surface area contributed by atoms with Gasteiger partial charge in [-0.05, 0) is 24.1 Å². The smallest absolute Gasteiger partial charge is 0.264 e. The van der Waals surface area contributed by atoms with Crippen molar-refractivity contribution < 1.29 is 13.9 Å². The quantitative estimate of drug-likeness (QED) is 0.837. The first-order valence-corrected chi connectivity index (χ1v) is 9.24. The summed E-state index contributed by atoms with van der Waals surface area (Å²) in [7, 11) is 0. The summed E-state index contributed by atoms with van der Waals surface area (Å²) >= 11 is 1.38. The van der Waals surface area contributed by atoms with Crippen LogP contribution in [0.25, 0.3) is 10.1 Å². The van der Waals surface area contributed by atoms with Crippen LogP contribution in [0, 0.1) is 11.7 Å². The number of fused-ring (bicyclic) bond motifs is 1. The van der Waals surface area contributed by atoms with Crippen LogP contribution in [0.3, 0.4) is 0 Å². The monoisotopic (exact) mass is 348 g/mol. The number of hydrogen-bond acceptors (Lipinski definition) is 4. The number of ether oxygens (including phenoxy) is 1. The number of carbonyl (C=O) groups is 1. The molecule has 2 atom stereocenters. The van der Waals surface area contributed by atoms with Crippen molar-refractivity contribution in [1.82, 2.24) is 9.80 Å². The molecule has 24 heavy (non-hydrogen) atoms. The highest BCUT2D eigenvalue weighted by molar-refractivity contribution is 7.20. The molecular weight excluding hydrogens is 327 g/mol. The Morgan fingerprint density at radius 2 is 2.08 bits per heavy atom. The molecule has 0 saturated carbocycles. The topological polar surface area (TPSA) is 32.8 Å². The number of morpholine rings is 1. The lowest BCUT2D eigenvalue weighted by atomic mass is 10.0. The van der Waals surface area contributed by atoms with Crippen molar-refractivity contribution in [2.45, 2.75) is 13.0 Å². The van der Waals surface area contributed by atoms with E-state index < -0.39 is 0 Å². The third-order valence-corrected chi connectivity index (χ3v) is 6.18. The van der Waals surface area contributed by atoms with Gasteiger partial charge >= 0.3 is 0 Å². The van der Waals surface area contributed by atoms with E-state index in [9.17, 15) is 9.18 Å². The number of rotatable bonds is 2. The van der Waals surface area contributed by atoms with Gasteiger partial charge in [0.1, 0.15) is 5.82 Å². The summed E-state index contributed by atoms with van der Waals surface area (Å²) in [5.41, 5.74) is 0. The van der Waals surface area contributed by atoms with Gasteiger partial charge in [-0.25, -0.2) is 4.39 Å². The van der Waals surface area contributed by atoms with E-state index in [1.807, 2.05) is 11.0 Å². The lowest BCUT2D eigenvalue weighted by molar-refractivity contribution is 0.0119. The Hall–Kier alpha value is -1.50. The first-order chi connectivity index (χ1) is 11.6. The molecule has 1 aromatic heterocycles. The Kier molecular flexibility index (Phi) is 4.28. The van der Waals surface area contributed by atoms with Gasteiger partial charge in [-0.3, -0.25) is 9.69 Å². The summed E-state index contributed by atoms with van der Waals surface area (Å²) in [6, 6.07) is 7.08. The molecule has 1 amide bonds. The van der Waals surface area contributed by atoms with E-state index in [0.717, 1.165) is 44.1 Å². The molecule has 3 heterocycles. The fraction of sp³-hybridized carbons (Fsp3) is 0.500. The maximum absolute atomic E-state index is 13.9. The first kappa shape index (κ1) is 16.0. The van der Waals surface area contributed by atoms with Gasteiger partial charge in [0, 0.05) is 42.3 Å². The lowest BCUT2D eigenvalue weighted by Gasteiger charge is -2.33. The van der Waals surface area contributed by atoms with Crippen molar-refractivity contribution >= 4 is 27.3 Å². The Balaban J connectivity index is 1.52. The molecule has 2 aliphatic rings. The third-order valence-electron chi connectivity index (χ3n) is 5.09. The van der Waals surface area contributed by atoms with Crippen molar-refractivity contribution in [2.24, 2.45) is 5.92 Å². The van der Waals surface area contributed by atoms with E-state index in [1.54, 1.807) is 12.1 Å². The van der Waals surface area contributed by atoms with Gasteiger partial charge in [0.15, 0.2) is 0 Å². The first-order valence-electron chi connectivity index (χ1n) is 8.42. The molecule has 0 aliphatic carbocycles. The van der Waals surface area contributed by atoms with Crippen molar-refractivity contribution in [3.05, 3.63) is 35.0 Å². The number of benzene rings is 1. The fourth-order valence-corrected chi connectivity index (χ4v) is 4.83. The SMILES string of the molecule is C[C@@H]1CN(C(=O)c2cc3c(F)cccc3s2)C[C@H]1N1CCOCC1. The van der Waals surface area contributed by atoms with Gasteiger partial charge in [0.25, 0.3) is 5.91 Å². The van der Waals surface area contributed by atoms with Crippen LogP contribution < -0.4 is 0 Å². The molecule has 6 heteroatoms. The molecule has 4 nitrogen and oxygen atoms in total. The van der Waals surface area contributed by atoms with E-state index >= 15 is 0 Å². The standard InChI is InChI=1S/C18H21FN2O2S/c1-12-10-21(11-15(12)20-5-7-23-8-6-20)18(22)17-9-13-14(19)3-2-4-16(13)24-17/h2-4,9,12,15H,5-8,10-11H2,1H3/t12-,15-/m1/s1.